The lowest BCUT2D eigenvalue weighted by Gasteiger charge is -2.28. The molecule has 2 amide bonds. The van der Waals surface area contributed by atoms with Crippen molar-refractivity contribution < 1.29 is 14.0 Å². The lowest BCUT2D eigenvalue weighted by molar-refractivity contribution is -0.120. The maximum Gasteiger partial charge on any atom is 0.287 e. The SMILES string of the molecule is O=C1CN(c2ccc(CNC(=O)c3ccc(-c4nc5ccccc5s4)o3)cc2)CCN1. The Hall–Kier alpha value is -3.65. The minimum absolute atomic E-state index is 0.0336. The molecule has 5 rings (SSSR count). The molecule has 2 aromatic carbocycles. The van der Waals surface area contributed by atoms with E-state index in [9.17, 15) is 9.59 Å². The molecule has 0 spiro atoms. The molecule has 0 atom stereocenters. The monoisotopic (exact) mass is 432 g/mol. The molecule has 1 saturated heterocycles. The number of para-hydroxylation sites is 1. The highest BCUT2D eigenvalue weighted by Gasteiger charge is 2.17. The summed E-state index contributed by atoms with van der Waals surface area (Å²) in [5.74, 6) is 0.599. The van der Waals surface area contributed by atoms with Crippen LogP contribution in [0.1, 0.15) is 16.1 Å². The maximum atomic E-state index is 12.5. The first-order valence-corrected chi connectivity index (χ1v) is 10.8. The number of anilines is 1. The number of benzene rings is 2. The highest BCUT2D eigenvalue weighted by molar-refractivity contribution is 7.21. The summed E-state index contributed by atoms with van der Waals surface area (Å²) in [7, 11) is 0. The number of amides is 2. The normalized spacial score (nSPS) is 13.9. The number of fused-ring (bicyclic) bond motifs is 1. The van der Waals surface area contributed by atoms with Gasteiger partial charge < -0.3 is 20.0 Å². The Balaban J connectivity index is 1.21. The number of rotatable bonds is 5. The van der Waals surface area contributed by atoms with Crippen molar-refractivity contribution in [2.45, 2.75) is 6.54 Å². The zero-order valence-corrected chi connectivity index (χ0v) is 17.4. The van der Waals surface area contributed by atoms with Crippen molar-refractivity contribution in [1.29, 1.82) is 0 Å². The molecule has 7 nitrogen and oxygen atoms in total. The van der Waals surface area contributed by atoms with Gasteiger partial charge in [0, 0.05) is 25.3 Å². The zero-order chi connectivity index (χ0) is 21.2. The van der Waals surface area contributed by atoms with E-state index in [1.54, 1.807) is 12.1 Å². The van der Waals surface area contributed by atoms with Crippen molar-refractivity contribution in [3.63, 3.8) is 0 Å². The predicted octanol–water partition coefficient (Wildman–Crippen LogP) is 3.42. The highest BCUT2D eigenvalue weighted by Crippen LogP contribution is 2.31. The van der Waals surface area contributed by atoms with Crippen molar-refractivity contribution >= 4 is 39.1 Å². The Morgan fingerprint density at radius 1 is 1.13 bits per heavy atom. The van der Waals surface area contributed by atoms with Crippen LogP contribution in [0.3, 0.4) is 0 Å². The first-order valence-electron chi connectivity index (χ1n) is 10.0. The van der Waals surface area contributed by atoms with E-state index in [2.05, 4.69) is 15.6 Å². The van der Waals surface area contributed by atoms with Gasteiger partial charge in [-0.1, -0.05) is 24.3 Å². The number of aromatic nitrogens is 1. The van der Waals surface area contributed by atoms with Gasteiger partial charge in [-0.25, -0.2) is 4.98 Å². The predicted molar refractivity (Wildman–Crippen MR) is 120 cm³/mol. The molecule has 2 N–H and O–H groups in total. The number of hydrogen-bond acceptors (Lipinski definition) is 6. The molecule has 0 bridgehead atoms. The van der Waals surface area contributed by atoms with Crippen molar-refractivity contribution in [2.24, 2.45) is 0 Å². The summed E-state index contributed by atoms with van der Waals surface area (Å²) in [5, 5.41) is 6.46. The van der Waals surface area contributed by atoms with Gasteiger partial charge in [-0.05, 0) is 42.0 Å². The molecule has 8 heteroatoms. The fourth-order valence-corrected chi connectivity index (χ4v) is 4.43. The highest BCUT2D eigenvalue weighted by atomic mass is 32.1. The number of carbonyl (C=O) groups excluding carboxylic acids is 2. The average Bonchev–Trinajstić information content (AvgIpc) is 3.45. The average molecular weight is 433 g/mol. The molecule has 156 valence electrons. The molecule has 1 aliphatic rings. The summed E-state index contributed by atoms with van der Waals surface area (Å²) in [6, 6.07) is 19.2. The number of piperazine rings is 1. The first-order chi connectivity index (χ1) is 15.2. The van der Waals surface area contributed by atoms with Crippen LogP contribution in [-0.2, 0) is 11.3 Å². The van der Waals surface area contributed by atoms with E-state index in [4.69, 9.17) is 4.42 Å². The van der Waals surface area contributed by atoms with Gasteiger partial charge in [0.25, 0.3) is 5.91 Å². The Kier molecular flexibility index (Phi) is 5.13. The molecule has 31 heavy (non-hydrogen) atoms. The second kappa shape index (κ2) is 8.23. The number of nitrogens with one attached hydrogen (secondary N) is 2. The van der Waals surface area contributed by atoms with Crippen LogP contribution in [0.25, 0.3) is 21.0 Å². The second-order valence-electron chi connectivity index (χ2n) is 7.27. The van der Waals surface area contributed by atoms with Gasteiger partial charge in [-0.2, -0.15) is 0 Å². The fraction of sp³-hybridized carbons (Fsp3) is 0.174. The van der Waals surface area contributed by atoms with E-state index in [1.165, 1.54) is 11.3 Å². The summed E-state index contributed by atoms with van der Waals surface area (Å²) < 4.78 is 6.83. The molecule has 0 aliphatic carbocycles. The molecule has 1 aliphatic heterocycles. The van der Waals surface area contributed by atoms with Gasteiger partial charge in [0.05, 0.1) is 16.8 Å². The van der Waals surface area contributed by atoms with E-state index < -0.39 is 0 Å². The van der Waals surface area contributed by atoms with Crippen LogP contribution in [0.2, 0.25) is 0 Å². The van der Waals surface area contributed by atoms with Crippen molar-refractivity contribution in [2.75, 3.05) is 24.5 Å². The molecule has 2 aromatic heterocycles. The van der Waals surface area contributed by atoms with E-state index in [1.807, 2.05) is 53.4 Å². The summed E-state index contributed by atoms with van der Waals surface area (Å²) >= 11 is 1.53. The molecule has 4 aromatic rings. The number of thiazole rings is 1. The topological polar surface area (TPSA) is 87.5 Å². The lowest BCUT2D eigenvalue weighted by atomic mass is 10.2. The minimum Gasteiger partial charge on any atom is -0.448 e. The summed E-state index contributed by atoms with van der Waals surface area (Å²) in [5.41, 5.74) is 2.88. The van der Waals surface area contributed by atoms with Crippen LogP contribution in [0, 0.1) is 0 Å². The Morgan fingerprint density at radius 2 is 1.97 bits per heavy atom. The first kappa shape index (κ1) is 19.3. The number of furan rings is 1. The number of nitrogens with zero attached hydrogens (tertiary/aromatic N) is 2. The molecule has 0 saturated carbocycles. The molecule has 3 heterocycles. The van der Waals surface area contributed by atoms with E-state index in [-0.39, 0.29) is 17.6 Å². The molecule has 0 unspecified atom stereocenters. The molecular weight excluding hydrogens is 412 g/mol. The van der Waals surface area contributed by atoms with Crippen LogP contribution in [-0.4, -0.2) is 36.4 Å². The van der Waals surface area contributed by atoms with Gasteiger partial charge in [-0.15, -0.1) is 11.3 Å². The summed E-state index contributed by atoms with van der Waals surface area (Å²) in [4.78, 5) is 30.7. The minimum atomic E-state index is -0.274. The molecular formula is C23H20N4O3S. The third kappa shape index (κ3) is 4.15. The van der Waals surface area contributed by atoms with Gasteiger partial charge in [0.1, 0.15) is 0 Å². The van der Waals surface area contributed by atoms with E-state index in [0.717, 1.165) is 33.0 Å². The van der Waals surface area contributed by atoms with E-state index in [0.29, 0.717) is 25.4 Å². The quantitative estimate of drug-likeness (QED) is 0.505. The van der Waals surface area contributed by atoms with Crippen molar-refractivity contribution in [3.05, 3.63) is 72.0 Å². The van der Waals surface area contributed by atoms with Crippen LogP contribution in [0.15, 0.2) is 65.1 Å². The number of hydrogen-bond donors (Lipinski definition) is 2. The largest absolute Gasteiger partial charge is 0.448 e. The smallest absolute Gasteiger partial charge is 0.287 e. The lowest BCUT2D eigenvalue weighted by Crippen LogP contribution is -2.47. The fourth-order valence-electron chi connectivity index (χ4n) is 3.51. The van der Waals surface area contributed by atoms with Crippen molar-refractivity contribution in [1.82, 2.24) is 15.6 Å². The third-order valence-corrected chi connectivity index (χ3v) is 6.18. The van der Waals surface area contributed by atoms with Gasteiger partial charge >= 0.3 is 0 Å². The van der Waals surface area contributed by atoms with Crippen LogP contribution in [0.5, 0.6) is 0 Å². The summed E-state index contributed by atoms with van der Waals surface area (Å²) in [6.07, 6.45) is 0. The van der Waals surface area contributed by atoms with Crippen LogP contribution in [0.4, 0.5) is 5.69 Å². The van der Waals surface area contributed by atoms with Crippen molar-refractivity contribution in [3.8, 4) is 10.8 Å². The maximum absolute atomic E-state index is 12.5. The Labute approximate surface area is 182 Å². The standard InChI is InChI=1S/C23H20N4O3S/c28-21-14-27(12-11-24-21)16-7-5-15(6-8-16)13-25-22(29)18-9-10-19(30-18)23-26-17-3-1-2-4-20(17)31-23/h1-10H,11-14H2,(H,24,28)(H,25,29). The summed E-state index contributed by atoms with van der Waals surface area (Å²) in [6.45, 7) is 2.19. The number of carbonyl (C=O) groups is 2. The van der Waals surface area contributed by atoms with Crippen LogP contribution < -0.4 is 15.5 Å². The van der Waals surface area contributed by atoms with Gasteiger partial charge in [-0.3, -0.25) is 9.59 Å². The third-order valence-electron chi connectivity index (χ3n) is 5.13. The molecule has 0 radical (unpaired) electrons. The Bertz CT molecular complexity index is 1210. The van der Waals surface area contributed by atoms with Gasteiger partial charge in [0.2, 0.25) is 5.91 Å². The zero-order valence-electron chi connectivity index (χ0n) is 16.6. The van der Waals surface area contributed by atoms with Crippen LogP contribution >= 0.6 is 11.3 Å². The van der Waals surface area contributed by atoms with Gasteiger partial charge in [0.15, 0.2) is 16.5 Å². The second-order valence-corrected chi connectivity index (χ2v) is 8.30. The Morgan fingerprint density at radius 3 is 2.77 bits per heavy atom. The van der Waals surface area contributed by atoms with E-state index >= 15 is 0 Å². The molecule has 1 fully saturated rings.